The van der Waals surface area contributed by atoms with Crippen molar-refractivity contribution in [2.45, 2.75) is 60.2 Å². The Morgan fingerprint density at radius 1 is 1.20 bits per heavy atom. The minimum Gasteiger partial charge on any atom is -0.334 e. The first-order chi connectivity index (χ1) is 12.1. The zero-order valence-electron chi connectivity index (χ0n) is 15.7. The van der Waals surface area contributed by atoms with Gasteiger partial charge in [-0.3, -0.25) is 9.67 Å². The summed E-state index contributed by atoms with van der Waals surface area (Å²) in [7, 11) is 0. The highest BCUT2D eigenvalue weighted by atomic mass is 16.2. The van der Waals surface area contributed by atoms with Crippen molar-refractivity contribution in [3.8, 4) is 0 Å². The molecule has 6 heteroatoms. The normalized spacial score (nSPS) is 10.7. The number of urea groups is 1. The highest BCUT2D eigenvalue weighted by Gasteiger charge is 2.16. The van der Waals surface area contributed by atoms with Gasteiger partial charge < -0.3 is 10.2 Å². The van der Waals surface area contributed by atoms with Gasteiger partial charge in [0.15, 0.2) is 0 Å². The molecule has 0 aliphatic rings. The number of hydrogen-bond donors (Lipinski definition) is 1. The smallest absolute Gasteiger partial charge is 0.317 e. The third-order valence-electron chi connectivity index (χ3n) is 4.29. The predicted molar refractivity (Wildman–Crippen MR) is 99.2 cm³/mol. The summed E-state index contributed by atoms with van der Waals surface area (Å²) in [5.41, 5.74) is 4.32. The van der Waals surface area contributed by atoms with Crippen LogP contribution in [-0.2, 0) is 19.6 Å². The van der Waals surface area contributed by atoms with Crippen LogP contribution in [0.1, 0.15) is 49.2 Å². The number of carbonyl (C=O) groups excluding carboxylic acids is 1. The van der Waals surface area contributed by atoms with Crippen molar-refractivity contribution >= 4 is 6.03 Å². The van der Waals surface area contributed by atoms with Crippen molar-refractivity contribution in [3.63, 3.8) is 0 Å². The molecule has 1 N–H and O–H groups in total. The monoisotopic (exact) mass is 343 g/mol. The molecule has 0 atom stereocenters. The van der Waals surface area contributed by atoms with Crippen molar-refractivity contribution in [2.75, 3.05) is 6.54 Å². The molecule has 0 saturated heterocycles. The Balaban J connectivity index is 2.01. The lowest BCUT2D eigenvalue weighted by Crippen LogP contribution is -2.39. The summed E-state index contributed by atoms with van der Waals surface area (Å²) in [6.45, 7) is 11.0. The fraction of sp³-hybridized carbons (Fsp3) is 0.526. The Kier molecular flexibility index (Phi) is 6.98. The standard InChI is InChI=1S/C19H29N5O/c1-5-11-23(14-17-7-9-20-10-8-17)19(25)21-13-18-15(3)22-24(12-6-2)16(18)4/h7-10H,5-6,11-14H2,1-4H3,(H,21,25). The number of hydrogen-bond acceptors (Lipinski definition) is 3. The second-order valence-corrected chi connectivity index (χ2v) is 6.31. The summed E-state index contributed by atoms with van der Waals surface area (Å²) in [6.07, 6.45) is 5.48. The molecular formula is C19H29N5O. The Hall–Kier alpha value is -2.37. The maximum Gasteiger partial charge on any atom is 0.317 e. The van der Waals surface area contributed by atoms with E-state index in [9.17, 15) is 4.79 Å². The predicted octanol–water partition coefficient (Wildman–Crippen LogP) is 3.43. The fourth-order valence-corrected chi connectivity index (χ4v) is 2.93. The van der Waals surface area contributed by atoms with E-state index in [2.05, 4.69) is 36.2 Å². The molecule has 25 heavy (non-hydrogen) atoms. The van der Waals surface area contributed by atoms with Gasteiger partial charge in [-0.05, 0) is 44.4 Å². The maximum atomic E-state index is 12.6. The molecule has 6 nitrogen and oxygen atoms in total. The third-order valence-corrected chi connectivity index (χ3v) is 4.29. The second-order valence-electron chi connectivity index (χ2n) is 6.31. The number of amides is 2. The van der Waals surface area contributed by atoms with Crippen LogP contribution in [0.4, 0.5) is 4.79 Å². The molecule has 0 radical (unpaired) electrons. The van der Waals surface area contributed by atoms with E-state index in [-0.39, 0.29) is 6.03 Å². The highest BCUT2D eigenvalue weighted by Crippen LogP contribution is 2.13. The molecule has 2 heterocycles. The fourth-order valence-electron chi connectivity index (χ4n) is 2.93. The maximum absolute atomic E-state index is 12.6. The van der Waals surface area contributed by atoms with E-state index < -0.39 is 0 Å². The summed E-state index contributed by atoms with van der Waals surface area (Å²) < 4.78 is 2.03. The summed E-state index contributed by atoms with van der Waals surface area (Å²) in [5.74, 6) is 0. The largest absolute Gasteiger partial charge is 0.334 e. The van der Waals surface area contributed by atoms with Gasteiger partial charge in [-0.15, -0.1) is 0 Å². The quantitative estimate of drug-likeness (QED) is 0.799. The summed E-state index contributed by atoms with van der Waals surface area (Å²) in [4.78, 5) is 18.5. The number of aromatic nitrogens is 3. The Morgan fingerprint density at radius 3 is 2.56 bits per heavy atom. The molecule has 0 spiro atoms. The number of carbonyl (C=O) groups is 1. The van der Waals surface area contributed by atoms with Gasteiger partial charge in [-0.2, -0.15) is 5.10 Å². The lowest BCUT2D eigenvalue weighted by atomic mass is 10.2. The lowest BCUT2D eigenvalue weighted by Gasteiger charge is -2.22. The first kappa shape index (κ1) is 19.0. The molecule has 2 aromatic rings. The van der Waals surface area contributed by atoms with Gasteiger partial charge in [0.05, 0.1) is 5.69 Å². The van der Waals surface area contributed by atoms with Crippen LogP contribution in [0, 0.1) is 13.8 Å². The molecule has 0 unspecified atom stereocenters. The Morgan fingerprint density at radius 2 is 1.92 bits per heavy atom. The second kappa shape index (κ2) is 9.20. The number of nitrogens with one attached hydrogen (secondary N) is 1. The summed E-state index contributed by atoms with van der Waals surface area (Å²) in [6, 6.07) is 3.85. The average Bonchev–Trinajstić information content (AvgIpc) is 2.87. The topological polar surface area (TPSA) is 63.1 Å². The van der Waals surface area contributed by atoms with Crippen LogP contribution in [0.15, 0.2) is 24.5 Å². The molecule has 0 aliphatic heterocycles. The van der Waals surface area contributed by atoms with E-state index >= 15 is 0 Å². The van der Waals surface area contributed by atoms with Crippen molar-refractivity contribution in [1.82, 2.24) is 25.0 Å². The molecule has 0 saturated carbocycles. The van der Waals surface area contributed by atoms with E-state index in [4.69, 9.17) is 0 Å². The molecule has 0 aromatic carbocycles. The third kappa shape index (κ3) is 5.05. The zero-order valence-corrected chi connectivity index (χ0v) is 15.7. The van der Waals surface area contributed by atoms with E-state index in [1.54, 1.807) is 12.4 Å². The molecule has 0 fully saturated rings. The van der Waals surface area contributed by atoms with E-state index in [0.717, 1.165) is 48.4 Å². The van der Waals surface area contributed by atoms with Crippen LogP contribution in [0.5, 0.6) is 0 Å². The number of aryl methyl sites for hydroxylation is 2. The van der Waals surface area contributed by atoms with Gasteiger partial charge >= 0.3 is 6.03 Å². The summed E-state index contributed by atoms with van der Waals surface area (Å²) in [5, 5.41) is 7.63. The van der Waals surface area contributed by atoms with Gasteiger partial charge in [0.25, 0.3) is 0 Å². The molecular weight excluding hydrogens is 314 g/mol. The van der Waals surface area contributed by atoms with Crippen molar-refractivity contribution < 1.29 is 4.79 Å². The zero-order chi connectivity index (χ0) is 18.2. The van der Waals surface area contributed by atoms with Gasteiger partial charge in [0.1, 0.15) is 0 Å². The number of rotatable bonds is 8. The number of pyridine rings is 1. The highest BCUT2D eigenvalue weighted by molar-refractivity contribution is 5.74. The van der Waals surface area contributed by atoms with Crippen molar-refractivity contribution in [2.24, 2.45) is 0 Å². The molecule has 2 aromatic heterocycles. The Labute approximate surface area is 150 Å². The van der Waals surface area contributed by atoms with E-state index in [0.29, 0.717) is 13.1 Å². The van der Waals surface area contributed by atoms with Crippen LogP contribution >= 0.6 is 0 Å². The van der Waals surface area contributed by atoms with Gasteiger partial charge in [0, 0.05) is 49.8 Å². The molecule has 2 rings (SSSR count). The first-order valence-electron chi connectivity index (χ1n) is 9.01. The van der Waals surface area contributed by atoms with Crippen LogP contribution < -0.4 is 5.32 Å². The molecule has 136 valence electrons. The minimum atomic E-state index is -0.0410. The molecule has 0 aliphatic carbocycles. The lowest BCUT2D eigenvalue weighted by molar-refractivity contribution is 0.194. The van der Waals surface area contributed by atoms with E-state index in [1.807, 2.05) is 28.6 Å². The Bertz CT molecular complexity index is 681. The van der Waals surface area contributed by atoms with Crippen molar-refractivity contribution in [3.05, 3.63) is 47.0 Å². The SMILES string of the molecule is CCCN(Cc1ccncc1)C(=O)NCc1c(C)nn(CCC)c1C. The van der Waals surface area contributed by atoms with Crippen LogP contribution in [-0.4, -0.2) is 32.2 Å². The van der Waals surface area contributed by atoms with Crippen LogP contribution in [0.2, 0.25) is 0 Å². The first-order valence-corrected chi connectivity index (χ1v) is 9.01. The van der Waals surface area contributed by atoms with Gasteiger partial charge in [-0.1, -0.05) is 13.8 Å². The van der Waals surface area contributed by atoms with Gasteiger partial charge in [0.2, 0.25) is 0 Å². The average molecular weight is 343 g/mol. The van der Waals surface area contributed by atoms with Crippen molar-refractivity contribution in [1.29, 1.82) is 0 Å². The van der Waals surface area contributed by atoms with Crippen LogP contribution in [0.25, 0.3) is 0 Å². The molecule has 2 amide bonds. The van der Waals surface area contributed by atoms with Gasteiger partial charge in [-0.25, -0.2) is 4.79 Å². The van der Waals surface area contributed by atoms with Crippen LogP contribution in [0.3, 0.4) is 0 Å². The summed E-state index contributed by atoms with van der Waals surface area (Å²) >= 11 is 0. The minimum absolute atomic E-state index is 0.0410. The number of nitrogens with zero attached hydrogens (tertiary/aromatic N) is 4. The van der Waals surface area contributed by atoms with E-state index in [1.165, 1.54) is 0 Å². The molecule has 0 bridgehead atoms.